The van der Waals surface area contributed by atoms with Crippen LogP contribution in [0, 0.1) is 5.95 Å². The molecule has 16 heavy (non-hydrogen) atoms. The average molecular weight is 254 g/mol. The summed E-state index contributed by atoms with van der Waals surface area (Å²) in [4.78, 5) is 14.2. The fraction of sp³-hybridized carbons (Fsp3) is 0.333. The number of pyridine rings is 1. The Bertz CT molecular complexity index is 412. The van der Waals surface area contributed by atoms with Crippen LogP contribution in [0.5, 0.6) is 0 Å². The predicted molar refractivity (Wildman–Crippen MR) is 50.0 cm³/mol. The van der Waals surface area contributed by atoms with Gasteiger partial charge in [0.25, 0.3) is 6.43 Å². The Morgan fingerprint density at radius 2 is 2.25 bits per heavy atom. The molecule has 0 aliphatic rings. The summed E-state index contributed by atoms with van der Waals surface area (Å²) in [7, 11) is 0.991. The molecule has 0 saturated heterocycles. The Labute approximate surface area is 94.2 Å². The Hall–Kier alpha value is -1.30. The average Bonchev–Trinajstić information content (AvgIpc) is 2.26. The third-order valence-corrected chi connectivity index (χ3v) is 2.14. The molecule has 0 spiro atoms. The summed E-state index contributed by atoms with van der Waals surface area (Å²) >= 11 is 5.39. The summed E-state index contributed by atoms with van der Waals surface area (Å²) < 4.78 is 42.5. The first kappa shape index (κ1) is 12.8. The number of halogens is 4. The van der Waals surface area contributed by atoms with E-state index in [9.17, 15) is 18.0 Å². The minimum atomic E-state index is -2.98. The lowest BCUT2D eigenvalue weighted by molar-refractivity contribution is 0.0579. The van der Waals surface area contributed by atoms with Gasteiger partial charge in [-0.2, -0.15) is 4.39 Å². The van der Waals surface area contributed by atoms with Crippen LogP contribution in [0.1, 0.15) is 28.0 Å². The van der Waals surface area contributed by atoms with E-state index < -0.39 is 29.6 Å². The van der Waals surface area contributed by atoms with Crippen molar-refractivity contribution in [3.63, 3.8) is 0 Å². The van der Waals surface area contributed by atoms with Crippen molar-refractivity contribution >= 4 is 17.6 Å². The molecule has 0 unspecified atom stereocenters. The Kier molecular flexibility index (Phi) is 4.12. The minimum absolute atomic E-state index is 0.176. The van der Waals surface area contributed by atoms with E-state index in [0.29, 0.717) is 0 Å². The molecule has 0 aliphatic carbocycles. The molecule has 3 nitrogen and oxygen atoms in total. The number of rotatable bonds is 3. The molecular weight excluding hydrogens is 247 g/mol. The molecule has 1 aromatic rings. The summed E-state index contributed by atoms with van der Waals surface area (Å²) in [5.41, 5.74) is -1.61. The molecule has 0 N–H and O–H groups in total. The molecule has 0 atom stereocenters. The molecule has 1 heterocycles. The van der Waals surface area contributed by atoms with Gasteiger partial charge in [0.2, 0.25) is 5.95 Å². The van der Waals surface area contributed by atoms with Crippen molar-refractivity contribution in [1.29, 1.82) is 0 Å². The zero-order chi connectivity index (χ0) is 12.3. The fourth-order valence-electron chi connectivity index (χ4n) is 1.18. The summed E-state index contributed by atoms with van der Waals surface area (Å²) in [6.07, 6.45) is -2.98. The van der Waals surface area contributed by atoms with Gasteiger partial charge >= 0.3 is 5.97 Å². The normalized spacial score (nSPS) is 10.6. The summed E-state index contributed by atoms with van der Waals surface area (Å²) in [6, 6.07) is 0.765. The van der Waals surface area contributed by atoms with E-state index in [1.165, 1.54) is 0 Å². The third-order valence-electron chi connectivity index (χ3n) is 1.85. The van der Waals surface area contributed by atoms with Crippen LogP contribution < -0.4 is 0 Å². The number of alkyl halides is 3. The summed E-state index contributed by atoms with van der Waals surface area (Å²) in [5.74, 6) is -2.52. The van der Waals surface area contributed by atoms with Crippen LogP contribution in [0.3, 0.4) is 0 Å². The molecule has 0 fully saturated rings. The van der Waals surface area contributed by atoms with Crippen molar-refractivity contribution in [2.75, 3.05) is 7.11 Å². The number of methoxy groups -OCH3 is 1. The molecule has 0 amide bonds. The third kappa shape index (κ3) is 2.44. The number of esters is 1. The van der Waals surface area contributed by atoms with Gasteiger partial charge in [-0.3, -0.25) is 0 Å². The Balaban J connectivity index is 3.44. The molecule has 0 bridgehead atoms. The molecule has 0 aliphatic heterocycles. The summed E-state index contributed by atoms with van der Waals surface area (Å²) in [5, 5.41) is 0. The topological polar surface area (TPSA) is 39.2 Å². The van der Waals surface area contributed by atoms with Gasteiger partial charge in [0, 0.05) is 5.88 Å². The maximum atomic E-state index is 12.9. The maximum absolute atomic E-state index is 12.9. The van der Waals surface area contributed by atoms with Crippen LogP contribution in [0.4, 0.5) is 13.2 Å². The second-order valence-electron chi connectivity index (χ2n) is 2.79. The summed E-state index contributed by atoms with van der Waals surface area (Å²) in [6.45, 7) is 0. The van der Waals surface area contributed by atoms with Crippen molar-refractivity contribution in [2.24, 2.45) is 0 Å². The number of nitrogens with zero attached hydrogens (tertiary/aromatic N) is 1. The van der Waals surface area contributed by atoms with Crippen molar-refractivity contribution in [2.45, 2.75) is 12.3 Å². The monoisotopic (exact) mass is 253 g/mol. The number of hydrogen-bond donors (Lipinski definition) is 0. The zero-order valence-corrected chi connectivity index (χ0v) is 8.89. The van der Waals surface area contributed by atoms with Gasteiger partial charge in [-0.15, -0.1) is 11.6 Å². The number of aromatic nitrogens is 1. The zero-order valence-electron chi connectivity index (χ0n) is 8.14. The van der Waals surface area contributed by atoms with E-state index >= 15 is 0 Å². The van der Waals surface area contributed by atoms with E-state index in [1.807, 2.05) is 0 Å². The molecule has 7 heteroatoms. The molecule has 1 rings (SSSR count). The lowest BCUT2D eigenvalue weighted by Crippen LogP contribution is -2.12. The van der Waals surface area contributed by atoms with Gasteiger partial charge in [-0.05, 0) is 11.6 Å². The van der Waals surface area contributed by atoms with E-state index in [-0.39, 0.29) is 11.4 Å². The van der Waals surface area contributed by atoms with Gasteiger partial charge in [-0.25, -0.2) is 18.6 Å². The van der Waals surface area contributed by atoms with Crippen LogP contribution in [-0.2, 0) is 10.6 Å². The van der Waals surface area contributed by atoms with Crippen LogP contribution in [0.15, 0.2) is 6.07 Å². The first-order chi connectivity index (χ1) is 7.51. The van der Waals surface area contributed by atoms with Gasteiger partial charge in [0.1, 0.15) is 0 Å². The van der Waals surface area contributed by atoms with Gasteiger partial charge < -0.3 is 4.74 Å². The van der Waals surface area contributed by atoms with Crippen molar-refractivity contribution in [3.05, 3.63) is 28.8 Å². The molecule has 0 radical (unpaired) electrons. The smallest absolute Gasteiger partial charge is 0.357 e. The van der Waals surface area contributed by atoms with Crippen LogP contribution >= 0.6 is 11.6 Å². The highest BCUT2D eigenvalue weighted by atomic mass is 35.5. The lowest BCUT2D eigenvalue weighted by atomic mass is 10.1. The quantitative estimate of drug-likeness (QED) is 0.472. The highest BCUT2D eigenvalue weighted by molar-refractivity contribution is 6.17. The highest BCUT2D eigenvalue weighted by Gasteiger charge is 2.25. The molecular formula is C9H7ClF3NO2. The second kappa shape index (κ2) is 5.16. The van der Waals surface area contributed by atoms with Crippen molar-refractivity contribution < 1.29 is 22.7 Å². The number of ether oxygens (including phenoxy) is 1. The van der Waals surface area contributed by atoms with Gasteiger partial charge in [0.05, 0.1) is 12.7 Å². The highest BCUT2D eigenvalue weighted by Crippen LogP contribution is 2.27. The van der Waals surface area contributed by atoms with E-state index in [2.05, 4.69) is 9.72 Å². The van der Waals surface area contributed by atoms with Crippen molar-refractivity contribution in [1.82, 2.24) is 4.98 Å². The van der Waals surface area contributed by atoms with Crippen LogP contribution in [0.2, 0.25) is 0 Å². The Morgan fingerprint density at radius 1 is 1.62 bits per heavy atom. The maximum Gasteiger partial charge on any atom is 0.357 e. The van der Waals surface area contributed by atoms with Crippen LogP contribution in [0.25, 0.3) is 0 Å². The molecule has 1 aromatic heterocycles. The number of hydrogen-bond acceptors (Lipinski definition) is 3. The van der Waals surface area contributed by atoms with E-state index in [0.717, 1.165) is 13.2 Å². The van der Waals surface area contributed by atoms with Gasteiger partial charge in [-0.1, -0.05) is 0 Å². The van der Waals surface area contributed by atoms with E-state index in [1.54, 1.807) is 0 Å². The number of carbonyl (C=O) groups excluding carboxylic acids is 1. The first-order valence-corrected chi connectivity index (χ1v) is 4.66. The fourth-order valence-corrected chi connectivity index (χ4v) is 1.40. The first-order valence-electron chi connectivity index (χ1n) is 4.13. The minimum Gasteiger partial charge on any atom is -0.464 e. The van der Waals surface area contributed by atoms with Crippen molar-refractivity contribution in [3.8, 4) is 0 Å². The molecule has 0 aromatic carbocycles. The number of carbonyl (C=O) groups is 1. The lowest BCUT2D eigenvalue weighted by Gasteiger charge is -2.10. The van der Waals surface area contributed by atoms with Crippen LogP contribution in [-0.4, -0.2) is 18.1 Å². The predicted octanol–water partition coefficient (Wildman–Crippen LogP) is 2.68. The second-order valence-corrected chi connectivity index (χ2v) is 3.06. The molecule has 88 valence electrons. The largest absolute Gasteiger partial charge is 0.464 e. The van der Waals surface area contributed by atoms with Gasteiger partial charge in [0.15, 0.2) is 5.69 Å². The SMILES string of the molecule is COC(=O)c1nc(F)cc(CCl)c1C(F)F. The van der Waals surface area contributed by atoms with E-state index in [4.69, 9.17) is 11.6 Å². The molecule has 0 saturated carbocycles. The Morgan fingerprint density at radius 3 is 2.69 bits per heavy atom. The standard InChI is InChI=1S/C9H7ClF3NO2/c1-16-9(15)7-6(8(12)13)4(3-10)2-5(11)14-7/h2,8H,3H2,1H3.